The molecule has 1 N–H and O–H groups in total. The van der Waals surface area contributed by atoms with Crippen LogP contribution in [0.25, 0.3) is 0 Å². The van der Waals surface area contributed by atoms with E-state index in [1.165, 1.54) is 28.6 Å². The van der Waals surface area contributed by atoms with Gasteiger partial charge in [-0.05, 0) is 74.4 Å². The van der Waals surface area contributed by atoms with Crippen LogP contribution in [0, 0.1) is 32.6 Å². The molecule has 8 heteroatoms. The lowest BCUT2D eigenvalue weighted by Crippen LogP contribution is -2.42. The molecule has 2 aromatic carbocycles. The predicted octanol–water partition coefficient (Wildman–Crippen LogP) is 4.08. The first-order valence-electron chi connectivity index (χ1n) is 10.1. The molecule has 0 aliphatic carbocycles. The summed E-state index contributed by atoms with van der Waals surface area (Å²) in [6, 6.07) is 9.59. The topological polar surface area (TPSA) is 83.5 Å². The van der Waals surface area contributed by atoms with Crippen LogP contribution in [0.4, 0.5) is 5.69 Å². The van der Waals surface area contributed by atoms with Gasteiger partial charge in [0.25, 0.3) is 10.0 Å². The third-order valence-electron chi connectivity index (χ3n) is 5.45. The van der Waals surface area contributed by atoms with Gasteiger partial charge in [0.1, 0.15) is 0 Å². The fraction of sp³-hybridized carbons (Fsp3) is 0.455. The summed E-state index contributed by atoms with van der Waals surface area (Å²) < 4.78 is 55.9. The monoisotopic (exact) mass is 450 g/mol. The molecule has 0 amide bonds. The minimum absolute atomic E-state index is 0.175. The molecule has 2 unspecified atom stereocenters. The van der Waals surface area contributed by atoms with Gasteiger partial charge in [0, 0.05) is 18.8 Å². The van der Waals surface area contributed by atoms with E-state index in [2.05, 4.69) is 18.6 Å². The summed E-state index contributed by atoms with van der Waals surface area (Å²) >= 11 is 0. The quantitative estimate of drug-likeness (QED) is 0.744. The van der Waals surface area contributed by atoms with E-state index in [-0.39, 0.29) is 9.79 Å². The first kappa shape index (κ1) is 22.8. The zero-order chi connectivity index (χ0) is 22.3. The van der Waals surface area contributed by atoms with E-state index in [0.717, 1.165) is 12.0 Å². The smallest absolute Gasteiger partial charge is 0.262 e. The van der Waals surface area contributed by atoms with Gasteiger partial charge < -0.3 is 0 Å². The molecule has 3 rings (SSSR count). The molecule has 1 fully saturated rings. The van der Waals surface area contributed by atoms with Crippen LogP contribution in [0.3, 0.4) is 0 Å². The maximum Gasteiger partial charge on any atom is 0.262 e. The predicted molar refractivity (Wildman–Crippen MR) is 120 cm³/mol. The SMILES string of the molecule is Cc1cc(C)c(S(=O)(=O)Nc2ccc(S(=O)(=O)N3CC(C)CC(C)C3)cc2)c(C)c1. The number of nitrogens with zero attached hydrogens (tertiary/aromatic N) is 1. The van der Waals surface area contributed by atoms with E-state index in [9.17, 15) is 16.8 Å². The van der Waals surface area contributed by atoms with Gasteiger partial charge in [0.2, 0.25) is 10.0 Å². The molecule has 1 aliphatic heterocycles. The van der Waals surface area contributed by atoms with Crippen molar-refractivity contribution in [1.29, 1.82) is 0 Å². The third-order valence-corrected chi connectivity index (χ3v) is 8.98. The molecule has 1 aliphatic rings. The number of piperidine rings is 1. The van der Waals surface area contributed by atoms with E-state index >= 15 is 0 Å². The minimum atomic E-state index is -3.78. The number of nitrogens with one attached hydrogen (secondary N) is 1. The van der Waals surface area contributed by atoms with Gasteiger partial charge in [-0.15, -0.1) is 0 Å². The largest absolute Gasteiger partial charge is 0.280 e. The van der Waals surface area contributed by atoms with Crippen molar-refractivity contribution in [2.45, 2.75) is 50.8 Å². The number of sulfonamides is 2. The van der Waals surface area contributed by atoms with Gasteiger partial charge in [-0.25, -0.2) is 16.8 Å². The van der Waals surface area contributed by atoms with Crippen molar-refractivity contribution in [3.8, 4) is 0 Å². The second kappa shape index (κ2) is 8.32. The zero-order valence-corrected chi connectivity index (χ0v) is 19.8. The fourth-order valence-corrected chi connectivity index (χ4v) is 7.64. The van der Waals surface area contributed by atoms with Crippen LogP contribution in [0.15, 0.2) is 46.2 Å². The molecule has 1 heterocycles. The standard InChI is InChI=1S/C22H30N2O4S2/c1-15-11-18(4)22(19(5)12-15)29(25,26)23-20-6-8-21(9-7-20)30(27,28)24-13-16(2)10-17(3)14-24/h6-9,11-12,16-17,23H,10,13-14H2,1-5H3. The number of rotatable bonds is 5. The summed E-state index contributed by atoms with van der Waals surface area (Å²) in [5.74, 6) is 0.631. The Hall–Kier alpha value is -1.90. The number of benzene rings is 2. The van der Waals surface area contributed by atoms with Crippen LogP contribution >= 0.6 is 0 Å². The Labute approximate surface area is 180 Å². The van der Waals surface area contributed by atoms with Gasteiger partial charge in [0.05, 0.1) is 9.79 Å². The summed E-state index contributed by atoms with van der Waals surface area (Å²) in [6.45, 7) is 10.6. The third kappa shape index (κ3) is 4.71. The molecule has 2 aromatic rings. The highest BCUT2D eigenvalue weighted by Gasteiger charge is 2.31. The van der Waals surface area contributed by atoms with E-state index in [4.69, 9.17) is 0 Å². The van der Waals surface area contributed by atoms with Crippen LogP contribution in [0.5, 0.6) is 0 Å². The van der Waals surface area contributed by atoms with Gasteiger partial charge in [0.15, 0.2) is 0 Å². The van der Waals surface area contributed by atoms with Crippen molar-refractivity contribution >= 4 is 25.7 Å². The number of aryl methyl sites for hydroxylation is 3. The van der Waals surface area contributed by atoms with Gasteiger partial charge in [-0.3, -0.25) is 4.72 Å². The van der Waals surface area contributed by atoms with E-state index in [0.29, 0.717) is 41.7 Å². The Balaban J connectivity index is 1.84. The number of hydrogen-bond acceptors (Lipinski definition) is 4. The first-order chi connectivity index (χ1) is 13.9. The summed E-state index contributed by atoms with van der Waals surface area (Å²) in [5, 5.41) is 0. The lowest BCUT2D eigenvalue weighted by atomic mass is 9.94. The summed E-state index contributed by atoms with van der Waals surface area (Å²) in [5.41, 5.74) is 2.67. The van der Waals surface area contributed by atoms with E-state index in [1.807, 2.05) is 19.1 Å². The molecule has 0 bridgehead atoms. The average molecular weight is 451 g/mol. The van der Waals surface area contributed by atoms with Gasteiger partial charge in [-0.1, -0.05) is 31.5 Å². The molecule has 0 saturated carbocycles. The van der Waals surface area contributed by atoms with Crippen molar-refractivity contribution in [1.82, 2.24) is 4.31 Å². The Morgan fingerprint density at radius 2 is 1.37 bits per heavy atom. The van der Waals surface area contributed by atoms with Crippen molar-refractivity contribution < 1.29 is 16.8 Å². The zero-order valence-electron chi connectivity index (χ0n) is 18.1. The van der Waals surface area contributed by atoms with Crippen LogP contribution in [-0.4, -0.2) is 34.2 Å². The summed E-state index contributed by atoms with van der Waals surface area (Å²) in [6.07, 6.45) is 1.02. The molecule has 30 heavy (non-hydrogen) atoms. The Morgan fingerprint density at radius 1 is 0.867 bits per heavy atom. The molecule has 1 saturated heterocycles. The Kier molecular flexibility index (Phi) is 6.32. The first-order valence-corrected chi connectivity index (χ1v) is 13.0. The average Bonchev–Trinajstić information content (AvgIpc) is 2.59. The number of hydrogen-bond donors (Lipinski definition) is 1. The van der Waals surface area contributed by atoms with Crippen molar-refractivity contribution in [3.05, 3.63) is 53.1 Å². The van der Waals surface area contributed by atoms with Gasteiger partial charge in [-0.2, -0.15) is 4.31 Å². The summed E-state index contributed by atoms with van der Waals surface area (Å²) in [4.78, 5) is 0.426. The molecule has 6 nitrogen and oxygen atoms in total. The second-order valence-electron chi connectivity index (χ2n) is 8.63. The van der Waals surface area contributed by atoms with E-state index in [1.54, 1.807) is 13.8 Å². The number of anilines is 1. The molecular weight excluding hydrogens is 420 g/mol. The normalized spacial score (nSPS) is 20.8. The highest BCUT2D eigenvalue weighted by Crippen LogP contribution is 2.28. The molecule has 2 atom stereocenters. The maximum absolute atomic E-state index is 13.0. The lowest BCUT2D eigenvalue weighted by molar-refractivity contribution is 0.222. The van der Waals surface area contributed by atoms with E-state index < -0.39 is 20.0 Å². The van der Waals surface area contributed by atoms with Crippen LogP contribution in [-0.2, 0) is 20.0 Å². The molecule has 0 radical (unpaired) electrons. The molecule has 0 spiro atoms. The highest BCUT2D eigenvalue weighted by atomic mass is 32.2. The van der Waals surface area contributed by atoms with Crippen molar-refractivity contribution in [2.75, 3.05) is 17.8 Å². The van der Waals surface area contributed by atoms with Gasteiger partial charge >= 0.3 is 0 Å². The molecule has 0 aromatic heterocycles. The van der Waals surface area contributed by atoms with Crippen LogP contribution in [0.2, 0.25) is 0 Å². The fourth-order valence-electron chi connectivity index (χ4n) is 4.44. The van der Waals surface area contributed by atoms with Crippen molar-refractivity contribution in [2.24, 2.45) is 11.8 Å². The minimum Gasteiger partial charge on any atom is -0.280 e. The highest BCUT2D eigenvalue weighted by molar-refractivity contribution is 7.92. The maximum atomic E-state index is 13.0. The lowest BCUT2D eigenvalue weighted by Gasteiger charge is -2.34. The van der Waals surface area contributed by atoms with Crippen LogP contribution < -0.4 is 4.72 Å². The summed E-state index contributed by atoms with van der Waals surface area (Å²) in [7, 11) is -7.39. The molecular formula is C22H30N2O4S2. The molecule has 164 valence electrons. The Morgan fingerprint density at radius 3 is 1.87 bits per heavy atom. The second-order valence-corrected chi connectivity index (χ2v) is 12.2. The van der Waals surface area contributed by atoms with Crippen molar-refractivity contribution in [3.63, 3.8) is 0 Å². The van der Waals surface area contributed by atoms with Crippen LogP contribution in [0.1, 0.15) is 37.0 Å². The Bertz CT molecular complexity index is 1110.